The maximum Gasteiger partial charge on any atom is 0.154 e. The van der Waals surface area contributed by atoms with Gasteiger partial charge in [0.15, 0.2) is 5.82 Å². The molecule has 0 saturated heterocycles. The van der Waals surface area contributed by atoms with Crippen molar-refractivity contribution in [1.29, 1.82) is 0 Å². The molecule has 27 heavy (non-hydrogen) atoms. The van der Waals surface area contributed by atoms with Crippen LogP contribution in [0.15, 0.2) is 60.8 Å². The van der Waals surface area contributed by atoms with Gasteiger partial charge in [-0.2, -0.15) is 0 Å². The van der Waals surface area contributed by atoms with E-state index in [2.05, 4.69) is 27.4 Å². The molecule has 0 spiro atoms. The molecule has 0 aliphatic carbocycles. The summed E-state index contributed by atoms with van der Waals surface area (Å²) in [5.74, 6) is 2.91. The number of aromatic nitrogens is 3. The maximum atomic E-state index is 5.48. The molecule has 4 aromatic rings. The lowest BCUT2D eigenvalue weighted by atomic mass is 10.2. The fourth-order valence-corrected chi connectivity index (χ4v) is 2.97. The molecule has 0 atom stereocenters. The molecule has 0 saturated carbocycles. The van der Waals surface area contributed by atoms with Crippen LogP contribution in [0.1, 0.15) is 5.56 Å². The van der Waals surface area contributed by atoms with Crippen molar-refractivity contribution < 1.29 is 9.47 Å². The summed E-state index contributed by atoms with van der Waals surface area (Å²) in [5, 5.41) is 3.37. The second-order valence-electron chi connectivity index (χ2n) is 6.05. The van der Waals surface area contributed by atoms with Gasteiger partial charge in [0, 0.05) is 12.7 Å². The predicted molar refractivity (Wildman–Crippen MR) is 106 cm³/mol. The van der Waals surface area contributed by atoms with Crippen molar-refractivity contribution in [2.24, 2.45) is 0 Å². The standard InChI is InChI=1S/C21H20N4O2/c1-26-15-8-9-18(27-2)16(12-15)20-24-17-10-11-22-21(19(17)25-20)23-13-14-6-4-3-5-7-14/h3-12H,13H2,1-2H3,(H,22,23)(H,24,25). The summed E-state index contributed by atoms with van der Waals surface area (Å²) < 4.78 is 10.8. The molecule has 2 heterocycles. The Morgan fingerprint density at radius 3 is 2.63 bits per heavy atom. The van der Waals surface area contributed by atoms with E-state index >= 15 is 0 Å². The van der Waals surface area contributed by atoms with Crippen LogP contribution in [-0.4, -0.2) is 29.2 Å². The Hall–Kier alpha value is -3.54. The van der Waals surface area contributed by atoms with Crippen LogP contribution in [0, 0.1) is 0 Å². The number of benzene rings is 2. The summed E-state index contributed by atoms with van der Waals surface area (Å²) in [4.78, 5) is 12.6. The van der Waals surface area contributed by atoms with Crippen molar-refractivity contribution in [1.82, 2.24) is 15.0 Å². The van der Waals surface area contributed by atoms with E-state index in [1.54, 1.807) is 20.4 Å². The summed E-state index contributed by atoms with van der Waals surface area (Å²) in [6.45, 7) is 0.678. The van der Waals surface area contributed by atoms with E-state index in [0.717, 1.165) is 33.9 Å². The average molecular weight is 360 g/mol. The molecular weight excluding hydrogens is 340 g/mol. The molecule has 0 amide bonds. The van der Waals surface area contributed by atoms with Gasteiger partial charge in [0.25, 0.3) is 0 Å². The van der Waals surface area contributed by atoms with Crippen LogP contribution in [0.5, 0.6) is 11.5 Å². The lowest BCUT2D eigenvalue weighted by Crippen LogP contribution is -2.01. The third-order valence-electron chi connectivity index (χ3n) is 4.37. The minimum Gasteiger partial charge on any atom is -0.497 e. The van der Waals surface area contributed by atoms with Crippen LogP contribution in [-0.2, 0) is 6.54 Å². The number of aromatic amines is 1. The molecule has 136 valence electrons. The van der Waals surface area contributed by atoms with Gasteiger partial charge in [-0.25, -0.2) is 9.97 Å². The van der Waals surface area contributed by atoms with Crippen LogP contribution in [0.4, 0.5) is 5.82 Å². The topological polar surface area (TPSA) is 72.1 Å². The summed E-state index contributed by atoms with van der Waals surface area (Å²) in [7, 11) is 3.28. The van der Waals surface area contributed by atoms with Crippen molar-refractivity contribution >= 4 is 16.9 Å². The Balaban J connectivity index is 1.71. The van der Waals surface area contributed by atoms with E-state index in [0.29, 0.717) is 12.4 Å². The number of nitrogens with one attached hydrogen (secondary N) is 2. The summed E-state index contributed by atoms with van der Waals surface area (Å²) in [5.41, 5.74) is 3.71. The van der Waals surface area contributed by atoms with E-state index in [4.69, 9.17) is 14.5 Å². The molecular formula is C21H20N4O2. The number of hydrogen-bond donors (Lipinski definition) is 2. The molecule has 2 aromatic heterocycles. The van der Waals surface area contributed by atoms with Gasteiger partial charge in [0.2, 0.25) is 0 Å². The minimum absolute atomic E-state index is 0.678. The number of fused-ring (bicyclic) bond motifs is 1. The van der Waals surface area contributed by atoms with Gasteiger partial charge in [0.05, 0.1) is 25.3 Å². The number of nitrogens with zero attached hydrogens (tertiary/aromatic N) is 2. The summed E-state index contributed by atoms with van der Waals surface area (Å²) in [6.07, 6.45) is 1.76. The van der Waals surface area contributed by atoms with Gasteiger partial charge < -0.3 is 19.8 Å². The predicted octanol–water partition coefficient (Wildman–Crippen LogP) is 4.25. The van der Waals surface area contributed by atoms with E-state index in [-0.39, 0.29) is 0 Å². The normalized spacial score (nSPS) is 10.7. The first kappa shape index (κ1) is 16.9. The highest BCUT2D eigenvalue weighted by molar-refractivity contribution is 5.89. The zero-order chi connectivity index (χ0) is 18.6. The number of ether oxygens (including phenoxy) is 2. The van der Waals surface area contributed by atoms with Gasteiger partial charge in [-0.15, -0.1) is 0 Å². The highest BCUT2D eigenvalue weighted by atomic mass is 16.5. The smallest absolute Gasteiger partial charge is 0.154 e. The molecule has 0 fully saturated rings. The van der Waals surface area contributed by atoms with E-state index in [1.165, 1.54) is 5.56 Å². The molecule has 2 aromatic carbocycles. The molecule has 6 nitrogen and oxygen atoms in total. The van der Waals surface area contributed by atoms with Crippen LogP contribution in [0.2, 0.25) is 0 Å². The number of imidazole rings is 1. The third kappa shape index (κ3) is 3.42. The monoisotopic (exact) mass is 360 g/mol. The third-order valence-corrected chi connectivity index (χ3v) is 4.37. The molecule has 0 unspecified atom stereocenters. The molecule has 0 aliphatic rings. The fourth-order valence-electron chi connectivity index (χ4n) is 2.97. The molecule has 0 radical (unpaired) electrons. The molecule has 0 bridgehead atoms. The second-order valence-corrected chi connectivity index (χ2v) is 6.05. The zero-order valence-electron chi connectivity index (χ0n) is 15.2. The first-order chi connectivity index (χ1) is 13.3. The van der Waals surface area contributed by atoms with Crippen LogP contribution in [0.25, 0.3) is 22.4 Å². The van der Waals surface area contributed by atoms with Gasteiger partial charge in [-0.05, 0) is 29.8 Å². The van der Waals surface area contributed by atoms with Crippen molar-refractivity contribution in [2.75, 3.05) is 19.5 Å². The molecule has 0 aliphatic heterocycles. The Bertz CT molecular complexity index is 1060. The van der Waals surface area contributed by atoms with Crippen molar-refractivity contribution in [3.05, 3.63) is 66.4 Å². The van der Waals surface area contributed by atoms with Crippen LogP contribution >= 0.6 is 0 Å². The first-order valence-corrected chi connectivity index (χ1v) is 8.63. The summed E-state index contributed by atoms with van der Waals surface area (Å²) in [6, 6.07) is 17.7. The number of H-pyrrole nitrogens is 1. The van der Waals surface area contributed by atoms with Gasteiger partial charge in [-0.3, -0.25) is 0 Å². The van der Waals surface area contributed by atoms with E-state index < -0.39 is 0 Å². The largest absolute Gasteiger partial charge is 0.497 e. The molecule has 4 rings (SSSR count). The Labute approximate surface area is 157 Å². The Morgan fingerprint density at radius 1 is 1.00 bits per heavy atom. The Kier molecular flexibility index (Phi) is 4.61. The first-order valence-electron chi connectivity index (χ1n) is 8.63. The van der Waals surface area contributed by atoms with Crippen molar-refractivity contribution in [2.45, 2.75) is 6.54 Å². The molecule has 6 heteroatoms. The van der Waals surface area contributed by atoms with Gasteiger partial charge >= 0.3 is 0 Å². The van der Waals surface area contributed by atoms with Crippen molar-refractivity contribution in [3.8, 4) is 22.9 Å². The number of pyridine rings is 1. The fraction of sp³-hybridized carbons (Fsp3) is 0.143. The van der Waals surface area contributed by atoms with Gasteiger partial charge in [0.1, 0.15) is 22.8 Å². The maximum absolute atomic E-state index is 5.48. The minimum atomic E-state index is 0.678. The average Bonchev–Trinajstić information content (AvgIpc) is 3.17. The quantitative estimate of drug-likeness (QED) is 0.538. The van der Waals surface area contributed by atoms with Crippen molar-refractivity contribution in [3.63, 3.8) is 0 Å². The van der Waals surface area contributed by atoms with E-state index in [9.17, 15) is 0 Å². The summed E-state index contributed by atoms with van der Waals surface area (Å²) >= 11 is 0. The number of methoxy groups -OCH3 is 2. The highest BCUT2D eigenvalue weighted by Crippen LogP contribution is 2.33. The lowest BCUT2D eigenvalue weighted by molar-refractivity contribution is 0.404. The SMILES string of the molecule is COc1ccc(OC)c(-c2nc3c(NCc4ccccc4)nccc3[nH]2)c1. The van der Waals surface area contributed by atoms with E-state index in [1.807, 2.05) is 42.5 Å². The number of hydrogen-bond acceptors (Lipinski definition) is 5. The zero-order valence-corrected chi connectivity index (χ0v) is 15.2. The van der Waals surface area contributed by atoms with Gasteiger partial charge in [-0.1, -0.05) is 30.3 Å². The highest BCUT2D eigenvalue weighted by Gasteiger charge is 2.14. The number of anilines is 1. The lowest BCUT2D eigenvalue weighted by Gasteiger charge is -2.08. The number of rotatable bonds is 6. The van der Waals surface area contributed by atoms with Crippen LogP contribution in [0.3, 0.4) is 0 Å². The Morgan fingerprint density at radius 2 is 1.85 bits per heavy atom. The van der Waals surface area contributed by atoms with Crippen LogP contribution < -0.4 is 14.8 Å². The second kappa shape index (κ2) is 7.37. The molecule has 2 N–H and O–H groups in total.